The summed E-state index contributed by atoms with van der Waals surface area (Å²) in [4.78, 5) is 25.1. The maximum absolute atomic E-state index is 11.9. The van der Waals surface area contributed by atoms with E-state index < -0.39 is 6.10 Å². The van der Waals surface area contributed by atoms with Crippen molar-refractivity contribution in [3.05, 3.63) is 11.1 Å². The van der Waals surface area contributed by atoms with Gasteiger partial charge in [-0.3, -0.25) is 9.69 Å². The Bertz CT molecular complexity index is 385. The molecule has 3 aliphatic rings. The highest BCUT2D eigenvalue weighted by molar-refractivity contribution is 6.06. The third-order valence-electron chi connectivity index (χ3n) is 3.58. The predicted molar refractivity (Wildman–Crippen MR) is 52.3 cm³/mol. The highest BCUT2D eigenvalue weighted by Gasteiger charge is 2.54. The molecule has 0 aromatic carbocycles. The molecular weight excluding hydrogens is 194 g/mol. The van der Waals surface area contributed by atoms with Crippen LogP contribution in [0.3, 0.4) is 0 Å². The molecule has 0 saturated carbocycles. The Morgan fingerprint density at radius 2 is 2.27 bits per heavy atom. The average Bonchev–Trinajstić information content (AvgIpc) is 2.70. The summed E-state index contributed by atoms with van der Waals surface area (Å²) in [6.07, 6.45) is 1.81. The quantitative estimate of drug-likeness (QED) is 0.650. The van der Waals surface area contributed by atoms with Crippen LogP contribution in [-0.4, -0.2) is 35.5 Å². The number of ketones is 1. The summed E-state index contributed by atoms with van der Waals surface area (Å²) in [7, 11) is 0. The van der Waals surface area contributed by atoms with Crippen molar-refractivity contribution >= 4 is 11.9 Å². The van der Waals surface area contributed by atoms with Gasteiger partial charge in [0.05, 0.1) is 0 Å². The lowest BCUT2D eigenvalue weighted by atomic mass is 9.96. The summed E-state index contributed by atoms with van der Waals surface area (Å²) in [5.41, 5.74) is 2.06. The maximum atomic E-state index is 11.9. The second-order valence-corrected chi connectivity index (χ2v) is 4.27. The van der Waals surface area contributed by atoms with E-state index in [2.05, 4.69) is 0 Å². The summed E-state index contributed by atoms with van der Waals surface area (Å²) in [6.45, 7) is 2.72. The zero-order valence-corrected chi connectivity index (χ0v) is 8.66. The molecular formula is C11H13NO3. The number of nitrogens with zero attached hydrogens (tertiary/aromatic N) is 1. The third-order valence-corrected chi connectivity index (χ3v) is 3.58. The van der Waals surface area contributed by atoms with Crippen LogP contribution >= 0.6 is 0 Å². The van der Waals surface area contributed by atoms with Crippen molar-refractivity contribution in [2.45, 2.75) is 38.3 Å². The van der Waals surface area contributed by atoms with E-state index in [4.69, 9.17) is 4.74 Å². The van der Waals surface area contributed by atoms with Crippen LogP contribution in [0.2, 0.25) is 0 Å². The topological polar surface area (TPSA) is 46.6 Å². The number of rotatable bonds is 1. The Morgan fingerprint density at radius 3 is 3.00 bits per heavy atom. The molecule has 1 aliphatic carbocycles. The molecule has 0 aromatic heterocycles. The zero-order chi connectivity index (χ0) is 10.6. The SMILES string of the molecule is CCC1=C2CCCN3C(=O)OC(C1=O)C23. The maximum Gasteiger partial charge on any atom is 0.411 e. The molecule has 0 aromatic rings. The van der Waals surface area contributed by atoms with Gasteiger partial charge in [0.2, 0.25) is 5.78 Å². The molecule has 2 fully saturated rings. The minimum atomic E-state index is -0.525. The van der Waals surface area contributed by atoms with Gasteiger partial charge in [-0.25, -0.2) is 4.79 Å². The summed E-state index contributed by atoms with van der Waals surface area (Å²) in [5, 5.41) is 0. The van der Waals surface area contributed by atoms with Crippen molar-refractivity contribution in [1.82, 2.24) is 4.90 Å². The van der Waals surface area contributed by atoms with Crippen molar-refractivity contribution in [3.8, 4) is 0 Å². The number of amides is 1. The molecule has 4 heteroatoms. The monoisotopic (exact) mass is 207 g/mol. The van der Waals surface area contributed by atoms with Gasteiger partial charge in [0.1, 0.15) is 6.04 Å². The number of hydrogen-bond acceptors (Lipinski definition) is 3. The standard InChI is InChI=1S/C11H13NO3/c1-2-6-7-4-3-5-12-8(7)10(9(6)13)15-11(12)14/h8,10H,2-5H2,1H3. The lowest BCUT2D eigenvalue weighted by Crippen LogP contribution is -2.40. The van der Waals surface area contributed by atoms with E-state index in [0.29, 0.717) is 0 Å². The lowest BCUT2D eigenvalue weighted by molar-refractivity contribution is -0.121. The largest absolute Gasteiger partial charge is 0.435 e. The van der Waals surface area contributed by atoms with Gasteiger partial charge in [-0.05, 0) is 24.8 Å². The van der Waals surface area contributed by atoms with Crippen LogP contribution in [0.25, 0.3) is 0 Å². The van der Waals surface area contributed by atoms with Crippen LogP contribution < -0.4 is 0 Å². The molecule has 1 amide bonds. The molecule has 2 saturated heterocycles. The molecule has 15 heavy (non-hydrogen) atoms. The summed E-state index contributed by atoms with van der Waals surface area (Å²) < 4.78 is 5.14. The number of ether oxygens (including phenoxy) is 1. The van der Waals surface area contributed by atoms with Gasteiger partial charge in [-0.2, -0.15) is 0 Å². The molecule has 0 spiro atoms. The fourth-order valence-corrected chi connectivity index (χ4v) is 2.96. The fourth-order valence-electron chi connectivity index (χ4n) is 2.96. The van der Waals surface area contributed by atoms with Gasteiger partial charge in [-0.1, -0.05) is 6.92 Å². The van der Waals surface area contributed by atoms with Crippen LogP contribution in [0.1, 0.15) is 26.2 Å². The molecule has 80 valence electrons. The number of carbonyl (C=O) groups is 2. The molecule has 2 atom stereocenters. The van der Waals surface area contributed by atoms with Gasteiger partial charge in [0.25, 0.3) is 0 Å². The molecule has 0 bridgehead atoms. The van der Waals surface area contributed by atoms with Crippen LogP contribution in [0, 0.1) is 0 Å². The fraction of sp³-hybridized carbons (Fsp3) is 0.636. The Labute approximate surface area is 87.9 Å². The van der Waals surface area contributed by atoms with Gasteiger partial charge < -0.3 is 4.74 Å². The Kier molecular flexibility index (Phi) is 1.69. The van der Waals surface area contributed by atoms with E-state index in [0.717, 1.165) is 37.0 Å². The minimum absolute atomic E-state index is 0.0373. The van der Waals surface area contributed by atoms with Crippen molar-refractivity contribution in [3.63, 3.8) is 0 Å². The van der Waals surface area contributed by atoms with Gasteiger partial charge in [0.15, 0.2) is 6.10 Å². The number of hydrogen-bond donors (Lipinski definition) is 0. The predicted octanol–water partition coefficient (Wildman–Crippen LogP) is 1.26. The van der Waals surface area contributed by atoms with E-state index >= 15 is 0 Å². The first kappa shape index (κ1) is 8.95. The lowest BCUT2D eigenvalue weighted by Gasteiger charge is -2.28. The first-order chi connectivity index (χ1) is 7.24. The second kappa shape index (κ2) is 2.84. The minimum Gasteiger partial charge on any atom is -0.435 e. The smallest absolute Gasteiger partial charge is 0.411 e. The Balaban J connectivity index is 2.08. The second-order valence-electron chi connectivity index (χ2n) is 4.27. The average molecular weight is 207 g/mol. The Hall–Kier alpha value is -1.32. The van der Waals surface area contributed by atoms with E-state index in [1.165, 1.54) is 0 Å². The first-order valence-electron chi connectivity index (χ1n) is 5.47. The first-order valence-corrected chi connectivity index (χ1v) is 5.47. The third kappa shape index (κ3) is 0.967. The van der Waals surface area contributed by atoms with Gasteiger partial charge >= 0.3 is 6.09 Å². The number of piperidine rings is 1. The summed E-state index contributed by atoms with van der Waals surface area (Å²) in [6, 6.07) is -0.0614. The molecule has 0 N–H and O–H groups in total. The molecule has 4 nitrogen and oxygen atoms in total. The van der Waals surface area contributed by atoms with Crippen molar-refractivity contribution in [2.24, 2.45) is 0 Å². The number of carbonyl (C=O) groups excluding carboxylic acids is 2. The van der Waals surface area contributed by atoms with Gasteiger partial charge in [0, 0.05) is 12.1 Å². The number of Topliss-reactive ketones (excluding diaryl/α,β-unsaturated/α-hetero) is 1. The van der Waals surface area contributed by atoms with E-state index in [9.17, 15) is 9.59 Å². The molecule has 2 unspecified atom stereocenters. The van der Waals surface area contributed by atoms with Crippen molar-refractivity contribution in [2.75, 3.05) is 6.54 Å². The van der Waals surface area contributed by atoms with E-state index in [1.807, 2.05) is 6.92 Å². The van der Waals surface area contributed by atoms with Crippen LogP contribution in [0.15, 0.2) is 11.1 Å². The highest BCUT2D eigenvalue weighted by atomic mass is 16.6. The molecule has 3 rings (SSSR count). The van der Waals surface area contributed by atoms with Crippen molar-refractivity contribution in [1.29, 1.82) is 0 Å². The summed E-state index contributed by atoms with van der Waals surface area (Å²) in [5.74, 6) is 0.0373. The summed E-state index contributed by atoms with van der Waals surface area (Å²) >= 11 is 0. The zero-order valence-electron chi connectivity index (χ0n) is 8.66. The van der Waals surface area contributed by atoms with Crippen molar-refractivity contribution < 1.29 is 14.3 Å². The van der Waals surface area contributed by atoms with E-state index in [-0.39, 0.29) is 17.9 Å². The molecule has 2 heterocycles. The van der Waals surface area contributed by atoms with Crippen LogP contribution in [-0.2, 0) is 9.53 Å². The van der Waals surface area contributed by atoms with Crippen LogP contribution in [0.5, 0.6) is 0 Å². The molecule has 0 radical (unpaired) electrons. The Morgan fingerprint density at radius 1 is 1.47 bits per heavy atom. The normalized spacial score (nSPS) is 33.5. The highest BCUT2D eigenvalue weighted by Crippen LogP contribution is 2.41. The van der Waals surface area contributed by atoms with E-state index in [1.54, 1.807) is 4.90 Å². The van der Waals surface area contributed by atoms with Gasteiger partial charge in [-0.15, -0.1) is 0 Å². The van der Waals surface area contributed by atoms with Crippen LogP contribution in [0.4, 0.5) is 4.79 Å². The molecule has 2 aliphatic heterocycles.